The highest BCUT2D eigenvalue weighted by Crippen LogP contribution is 2.32. The number of carbonyl (C=O) groups excluding carboxylic acids is 1. The van der Waals surface area contributed by atoms with Gasteiger partial charge in [0.1, 0.15) is 10.6 Å². The van der Waals surface area contributed by atoms with Gasteiger partial charge in [-0.05, 0) is 42.2 Å². The number of halogens is 1. The summed E-state index contributed by atoms with van der Waals surface area (Å²) in [5.74, 6) is -0.413. The molecule has 1 N–H and O–H groups in total. The van der Waals surface area contributed by atoms with Gasteiger partial charge >= 0.3 is 0 Å². The molecule has 0 bridgehead atoms. The molecule has 1 saturated heterocycles. The van der Waals surface area contributed by atoms with Crippen molar-refractivity contribution in [3.63, 3.8) is 0 Å². The van der Waals surface area contributed by atoms with E-state index in [2.05, 4.69) is 5.32 Å². The first-order valence-corrected chi connectivity index (χ1v) is 13.0. The monoisotopic (exact) mass is 498 g/mol. The zero-order chi connectivity index (χ0) is 24.1. The maximum Gasteiger partial charge on any atom is 0.246 e. The quantitative estimate of drug-likeness (QED) is 0.514. The Hall–Kier alpha value is -2.87. The molecule has 8 heteroatoms. The van der Waals surface area contributed by atoms with E-state index in [-0.39, 0.29) is 29.1 Å². The van der Waals surface area contributed by atoms with Crippen LogP contribution in [0.5, 0.6) is 5.75 Å². The predicted molar refractivity (Wildman–Crippen MR) is 132 cm³/mol. The van der Waals surface area contributed by atoms with Gasteiger partial charge in [0.15, 0.2) is 0 Å². The predicted octanol–water partition coefficient (Wildman–Crippen LogP) is 4.66. The maximum atomic E-state index is 13.4. The molecule has 1 heterocycles. The molecule has 0 aromatic heterocycles. The minimum Gasteiger partial charge on any atom is -0.495 e. The van der Waals surface area contributed by atoms with Crippen molar-refractivity contribution >= 4 is 27.5 Å². The SMILES string of the molecule is COc1ccc(Cl)cc1S(=O)(=O)N1CCC[C@@H](C(=O)NC(c2ccccc2)c2ccccc2)C1. The summed E-state index contributed by atoms with van der Waals surface area (Å²) in [6.07, 6.45) is 1.20. The second-order valence-electron chi connectivity index (χ2n) is 8.26. The minimum absolute atomic E-state index is 0.00926. The van der Waals surface area contributed by atoms with E-state index in [0.29, 0.717) is 24.4 Å². The average Bonchev–Trinajstić information content (AvgIpc) is 2.88. The van der Waals surface area contributed by atoms with Crippen LogP contribution < -0.4 is 10.1 Å². The molecular formula is C26H27ClN2O4S. The molecule has 0 saturated carbocycles. The van der Waals surface area contributed by atoms with Crippen molar-refractivity contribution in [1.29, 1.82) is 0 Å². The van der Waals surface area contributed by atoms with Crippen LogP contribution in [0.3, 0.4) is 0 Å². The number of rotatable bonds is 7. The summed E-state index contributed by atoms with van der Waals surface area (Å²) in [5.41, 5.74) is 1.93. The van der Waals surface area contributed by atoms with E-state index in [4.69, 9.17) is 16.3 Å². The van der Waals surface area contributed by atoms with Gasteiger partial charge in [-0.1, -0.05) is 72.3 Å². The van der Waals surface area contributed by atoms with Gasteiger partial charge in [0, 0.05) is 18.1 Å². The standard InChI is InChI=1S/C26H27ClN2O4S/c1-33-23-15-14-22(27)17-24(23)34(31,32)29-16-8-13-21(18-29)26(30)28-25(19-9-4-2-5-10-19)20-11-6-3-7-12-20/h2-7,9-12,14-15,17,21,25H,8,13,16,18H2,1H3,(H,28,30)/t21-/m1/s1. The third-order valence-corrected chi connectivity index (χ3v) is 8.17. The third-order valence-electron chi connectivity index (χ3n) is 6.05. The lowest BCUT2D eigenvalue weighted by Crippen LogP contribution is -2.46. The average molecular weight is 499 g/mol. The molecule has 178 valence electrons. The normalized spacial score (nSPS) is 16.9. The number of ether oxygens (including phenoxy) is 1. The molecule has 1 fully saturated rings. The number of benzene rings is 3. The summed E-state index contributed by atoms with van der Waals surface area (Å²) in [7, 11) is -2.46. The molecule has 1 aliphatic rings. The summed E-state index contributed by atoms with van der Waals surface area (Å²) >= 11 is 6.07. The van der Waals surface area contributed by atoms with E-state index in [1.807, 2.05) is 60.7 Å². The van der Waals surface area contributed by atoms with Crippen molar-refractivity contribution in [2.24, 2.45) is 5.92 Å². The molecule has 0 unspecified atom stereocenters. The van der Waals surface area contributed by atoms with Crippen molar-refractivity contribution in [2.45, 2.75) is 23.8 Å². The topological polar surface area (TPSA) is 75.7 Å². The summed E-state index contributed by atoms with van der Waals surface area (Å²) in [6, 6.07) is 23.7. The fourth-order valence-electron chi connectivity index (χ4n) is 4.28. The highest BCUT2D eigenvalue weighted by atomic mass is 35.5. The molecule has 0 spiro atoms. The second-order valence-corrected chi connectivity index (χ2v) is 10.6. The Morgan fingerprint density at radius 1 is 1.03 bits per heavy atom. The van der Waals surface area contributed by atoms with Gasteiger partial charge in [0.05, 0.1) is 19.1 Å². The Balaban J connectivity index is 1.56. The fraction of sp³-hybridized carbons (Fsp3) is 0.269. The lowest BCUT2D eigenvalue weighted by atomic mass is 9.95. The largest absolute Gasteiger partial charge is 0.495 e. The number of amides is 1. The highest BCUT2D eigenvalue weighted by molar-refractivity contribution is 7.89. The van der Waals surface area contributed by atoms with E-state index < -0.39 is 15.9 Å². The van der Waals surface area contributed by atoms with Crippen LogP contribution in [0.15, 0.2) is 83.8 Å². The molecule has 0 radical (unpaired) electrons. The molecular weight excluding hydrogens is 472 g/mol. The van der Waals surface area contributed by atoms with Gasteiger partial charge in [0.2, 0.25) is 15.9 Å². The van der Waals surface area contributed by atoms with Gasteiger partial charge in [-0.15, -0.1) is 0 Å². The number of nitrogens with zero attached hydrogens (tertiary/aromatic N) is 1. The first kappa shape index (κ1) is 24.3. The Labute approximate surface area is 205 Å². The molecule has 0 aliphatic carbocycles. The Morgan fingerprint density at radius 3 is 2.24 bits per heavy atom. The van der Waals surface area contributed by atoms with E-state index in [1.165, 1.54) is 23.5 Å². The molecule has 1 atom stereocenters. The van der Waals surface area contributed by atoms with Crippen molar-refractivity contribution in [1.82, 2.24) is 9.62 Å². The van der Waals surface area contributed by atoms with Gasteiger partial charge in [0.25, 0.3) is 0 Å². The van der Waals surface area contributed by atoms with Crippen LogP contribution in [0.2, 0.25) is 5.02 Å². The molecule has 4 rings (SSSR count). The summed E-state index contributed by atoms with van der Waals surface area (Å²) in [4.78, 5) is 13.4. The maximum absolute atomic E-state index is 13.4. The Kier molecular flexibility index (Phi) is 7.56. The molecule has 6 nitrogen and oxygen atoms in total. The molecule has 1 aliphatic heterocycles. The van der Waals surface area contributed by atoms with Crippen molar-refractivity contribution in [2.75, 3.05) is 20.2 Å². The minimum atomic E-state index is -3.88. The van der Waals surface area contributed by atoms with Crippen LogP contribution in [-0.4, -0.2) is 38.8 Å². The zero-order valence-corrected chi connectivity index (χ0v) is 20.4. The zero-order valence-electron chi connectivity index (χ0n) is 18.9. The van der Waals surface area contributed by atoms with Crippen molar-refractivity contribution in [3.05, 3.63) is 95.0 Å². The smallest absolute Gasteiger partial charge is 0.246 e. The number of nitrogens with one attached hydrogen (secondary N) is 1. The third kappa shape index (κ3) is 5.27. The number of hydrogen-bond donors (Lipinski definition) is 1. The van der Waals surface area contributed by atoms with E-state index in [9.17, 15) is 13.2 Å². The number of sulfonamides is 1. The lowest BCUT2D eigenvalue weighted by molar-refractivity contribution is -0.126. The van der Waals surface area contributed by atoms with Crippen LogP contribution in [-0.2, 0) is 14.8 Å². The number of piperidine rings is 1. The summed E-state index contributed by atoms with van der Waals surface area (Å²) < 4.78 is 33.4. The van der Waals surface area contributed by atoms with Crippen LogP contribution in [0.1, 0.15) is 30.0 Å². The molecule has 3 aromatic carbocycles. The number of hydrogen-bond acceptors (Lipinski definition) is 4. The number of methoxy groups -OCH3 is 1. The molecule has 1 amide bonds. The van der Waals surface area contributed by atoms with Crippen LogP contribution in [0, 0.1) is 5.92 Å². The molecule has 3 aromatic rings. The Bertz CT molecular complexity index is 1200. The van der Waals surface area contributed by atoms with E-state index >= 15 is 0 Å². The van der Waals surface area contributed by atoms with Gasteiger partial charge < -0.3 is 10.1 Å². The van der Waals surface area contributed by atoms with Gasteiger partial charge in [-0.3, -0.25) is 4.79 Å². The fourth-order valence-corrected chi connectivity index (χ4v) is 6.22. The highest BCUT2D eigenvalue weighted by Gasteiger charge is 2.35. The van der Waals surface area contributed by atoms with Crippen molar-refractivity contribution < 1.29 is 17.9 Å². The summed E-state index contributed by atoms with van der Waals surface area (Å²) in [6.45, 7) is 0.433. The van der Waals surface area contributed by atoms with Crippen LogP contribution in [0.25, 0.3) is 0 Å². The Morgan fingerprint density at radius 2 is 1.65 bits per heavy atom. The van der Waals surface area contributed by atoms with Gasteiger partial charge in [-0.25, -0.2) is 8.42 Å². The van der Waals surface area contributed by atoms with E-state index in [1.54, 1.807) is 6.07 Å². The van der Waals surface area contributed by atoms with E-state index in [0.717, 1.165) is 11.1 Å². The van der Waals surface area contributed by atoms with Gasteiger partial charge in [-0.2, -0.15) is 4.31 Å². The molecule has 34 heavy (non-hydrogen) atoms. The van der Waals surface area contributed by atoms with Crippen molar-refractivity contribution in [3.8, 4) is 5.75 Å². The van der Waals surface area contributed by atoms with Crippen LogP contribution in [0.4, 0.5) is 0 Å². The lowest BCUT2D eigenvalue weighted by Gasteiger charge is -2.32. The first-order chi connectivity index (χ1) is 16.4. The van der Waals surface area contributed by atoms with Crippen LogP contribution >= 0.6 is 11.6 Å². The second kappa shape index (κ2) is 10.6. The number of carbonyl (C=O) groups is 1. The summed E-state index contributed by atoms with van der Waals surface area (Å²) in [5, 5.41) is 3.46. The first-order valence-electron chi connectivity index (χ1n) is 11.1.